The highest BCUT2D eigenvalue weighted by Crippen LogP contribution is 2.30. The number of hydrogen-bond donors (Lipinski definition) is 2. The number of benzene rings is 1. The van der Waals surface area contributed by atoms with E-state index in [-0.39, 0.29) is 22.6 Å². The standard InChI is InChI=1S/C12H12Cl2N2O2/c13-9-4-8(11(17)10(14)5-9)6-15-16-12(18)7-2-1-3-7/h4-7,17H,1-3H2,(H,16,18)/b15-6+. The molecule has 1 fully saturated rings. The van der Waals surface area contributed by atoms with Crippen LogP contribution >= 0.6 is 23.2 Å². The maximum Gasteiger partial charge on any atom is 0.243 e. The van der Waals surface area contributed by atoms with Gasteiger partial charge in [0.25, 0.3) is 0 Å². The van der Waals surface area contributed by atoms with Crippen LogP contribution in [0.5, 0.6) is 5.75 Å². The first-order valence-electron chi connectivity index (χ1n) is 5.59. The van der Waals surface area contributed by atoms with Gasteiger partial charge in [-0.3, -0.25) is 4.79 Å². The minimum atomic E-state index is -0.109. The third-order valence-electron chi connectivity index (χ3n) is 2.91. The molecule has 0 saturated heterocycles. The van der Waals surface area contributed by atoms with E-state index in [1.807, 2.05) is 0 Å². The molecular weight excluding hydrogens is 275 g/mol. The van der Waals surface area contributed by atoms with Crippen LogP contribution in [0.2, 0.25) is 10.0 Å². The molecule has 1 saturated carbocycles. The molecule has 96 valence electrons. The Kier molecular flexibility index (Phi) is 4.09. The number of aromatic hydroxyl groups is 1. The number of hydrogen-bond acceptors (Lipinski definition) is 3. The molecule has 1 aliphatic carbocycles. The molecule has 1 aromatic carbocycles. The van der Waals surface area contributed by atoms with Gasteiger partial charge in [0.15, 0.2) is 0 Å². The number of nitrogens with one attached hydrogen (secondary N) is 1. The predicted octanol–water partition coefficient (Wildman–Crippen LogP) is 2.95. The zero-order valence-corrected chi connectivity index (χ0v) is 11.0. The normalized spacial score (nSPS) is 15.7. The summed E-state index contributed by atoms with van der Waals surface area (Å²) < 4.78 is 0. The summed E-state index contributed by atoms with van der Waals surface area (Å²) in [5, 5.41) is 14.0. The second-order valence-electron chi connectivity index (χ2n) is 4.19. The van der Waals surface area contributed by atoms with E-state index in [9.17, 15) is 9.90 Å². The molecule has 6 heteroatoms. The monoisotopic (exact) mass is 286 g/mol. The van der Waals surface area contributed by atoms with Crippen molar-refractivity contribution in [2.24, 2.45) is 11.0 Å². The summed E-state index contributed by atoms with van der Waals surface area (Å²) in [4.78, 5) is 11.5. The fourth-order valence-electron chi connectivity index (χ4n) is 1.61. The fraction of sp³-hybridized carbons (Fsp3) is 0.333. The van der Waals surface area contributed by atoms with Crippen LogP contribution in [0.4, 0.5) is 0 Å². The molecule has 0 bridgehead atoms. The number of nitrogens with zero attached hydrogens (tertiary/aromatic N) is 1. The molecule has 0 aromatic heterocycles. The highest BCUT2D eigenvalue weighted by Gasteiger charge is 2.24. The third kappa shape index (κ3) is 2.94. The van der Waals surface area contributed by atoms with E-state index in [1.54, 1.807) is 0 Å². The van der Waals surface area contributed by atoms with Crippen molar-refractivity contribution >= 4 is 35.3 Å². The Morgan fingerprint density at radius 2 is 2.17 bits per heavy atom. The molecule has 0 radical (unpaired) electrons. The molecule has 0 atom stereocenters. The lowest BCUT2D eigenvalue weighted by atomic mass is 9.85. The largest absolute Gasteiger partial charge is 0.506 e. The van der Waals surface area contributed by atoms with Gasteiger partial charge in [-0.25, -0.2) is 5.43 Å². The number of hydrazone groups is 1. The number of amides is 1. The molecule has 2 N–H and O–H groups in total. The third-order valence-corrected chi connectivity index (χ3v) is 3.42. The fourth-order valence-corrected chi connectivity index (χ4v) is 2.12. The van der Waals surface area contributed by atoms with Gasteiger partial charge < -0.3 is 5.11 Å². The SMILES string of the molecule is O=C(N/N=C/c1cc(Cl)cc(Cl)c1O)C1CCC1. The van der Waals surface area contributed by atoms with Crippen molar-refractivity contribution in [1.82, 2.24) is 5.43 Å². The number of rotatable bonds is 3. The maximum atomic E-state index is 11.5. The lowest BCUT2D eigenvalue weighted by Gasteiger charge is -2.22. The van der Waals surface area contributed by atoms with E-state index in [4.69, 9.17) is 23.2 Å². The summed E-state index contributed by atoms with van der Waals surface area (Å²) in [5.41, 5.74) is 2.79. The Hall–Kier alpha value is -1.26. The molecule has 1 aliphatic rings. The number of carbonyl (C=O) groups excluding carboxylic acids is 1. The van der Waals surface area contributed by atoms with Gasteiger partial charge in [-0.2, -0.15) is 5.10 Å². The first-order chi connectivity index (χ1) is 8.58. The zero-order valence-electron chi connectivity index (χ0n) is 9.49. The summed E-state index contributed by atoms with van der Waals surface area (Å²) in [6.07, 6.45) is 4.24. The molecule has 2 rings (SSSR count). The molecular formula is C12H12Cl2N2O2. The van der Waals surface area contributed by atoms with Gasteiger partial charge in [0, 0.05) is 16.5 Å². The minimum absolute atomic E-state index is 0.0682. The van der Waals surface area contributed by atoms with Crippen molar-refractivity contribution in [2.45, 2.75) is 19.3 Å². The van der Waals surface area contributed by atoms with Gasteiger partial charge in [0.05, 0.1) is 11.2 Å². The minimum Gasteiger partial charge on any atom is -0.506 e. The average Bonchev–Trinajstić information content (AvgIpc) is 2.22. The number of phenolic OH excluding ortho intramolecular Hbond substituents is 1. The zero-order chi connectivity index (χ0) is 13.1. The molecule has 1 aromatic rings. The molecule has 0 unspecified atom stereocenters. The average molecular weight is 287 g/mol. The second-order valence-corrected chi connectivity index (χ2v) is 5.03. The number of carbonyl (C=O) groups is 1. The Balaban J connectivity index is 2.02. The molecule has 18 heavy (non-hydrogen) atoms. The topological polar surface area (TPSA) is 61.7 Å². The van der Waals surface area contributed by atoms with Gasteiger partial charge in [0.2, 0.25) is 5.91 Å². The Labute approximate surface area is 115 Å². The van der Waals surface area contributed by atoms with Gasteiger partial charge in [-0.1, -0.05) is 29.6 Å². The molecule has 1 amide bonds. The first-order valence-corrected chi connectivity index (χ1v) is 6.34. The van der Waals surface area contributed by atoms with Crippen LogP contribution in [0, 0.1) is 5.92 Å². The quantitative estimate of drug-likeness (QED) is 0.663. The van der Waals surface area contributed by atoms with Crippen LogP contribution in [0.25, 0.3) is 0 Å². The van der Waals surface area contributed by atoms with Gasteiger partial charge in [-0.15, -0.1) is 0 Å². The Bertz CT molecular complexity index is 499. The van der Waals surface area contributed by atoms with Crippen LogP contribution < -0.4 is 5.43 Å². The Morgan fingerprint density at radius 3 is 2.78 bits per heavy atom. The lowest BCUT2D eigenvalue weighted by Crippen LogP contribution is -2.31. The van der Waals surface area contributed by atoms with Crippen LogP contribution in [-0.4, -0.2) is 17.2 Å². The predicted molar refractivity (Wildman–Crippen MR) is 71.2 cm³/mol. The van der Waals surface area contributed by atoms with Crippen LogP contribution in [0.1, 0.15) is 24.8 Å². The Morgan fingerprint density at radius 1 is 1.44 bits per heavy atom. The summed E-state index contributed by atoms with van der Waals surface area (Å²) in [6.45, 7) is 0. The summed E-state index contributed by atoms with van der Waals surface area (Å²) in [5.74, 6) is -0.133. The van der Waals surface area contributed by atoms with E-state index in [0.717, 1.165) is 19.3 Å². The van der Waals surface area contributed by atoms with Crippen LogP contribution in [0.3, 0.4) is 0 Å². The van der Waals surface area contributed by atoms with E-state index in [2.05, 4.69) is 10.5 Å². The highest BCUT2D eigenvalue weighted by molar-refractivity contribution is 6.36. The molecule has 0 spiro atoms. The second kappa shape index (κ2) is 5.59. The summed E-state index contributed by atoms with van der Waals surface area (Å²) >= 11 is 11.6. The maximum absolute atomic E-state index is 11.5. The van der Waals surface area contributed by atoms with Gasteiger partial charge in [-0.05, 0) is 25.0 Å². The number of halogens is 2. The molecule has 0 heterocycles. The summed E-state index contributed by atoms with van der Waals surface area (Å²) in [6, 6.07) is 2.95. The first kappa shape index (κ1) is 13.2. The van der Waals surface area contributed by atoms with Gasteiger partial charge in [0.1, 0.15) is 5.75 Å². The smallest absolute Gasteiger partial charge is 0.243 e. The van der Waals surface area contributed by atoms with Gasteiger partial charge >= 0.3 is 0 Å². The van der Waals surface area contributed by atoms with Crippen molar-refractivity contribution in [3.8, 4) is 5.75 Å². The van der Waals surface area contributed by atoms with E-state index in [1.165, 1.54) is 18.3 Å². The molecule has 0 aliphatic heterocycles. The van der Waals surface area contributed by atoms with Crippen molar-refractivity contribution < 1.29 is 9.90 Å². The van der Waals surface area contributed by atoms with Crippen molar-refractivity contribution in [2.75, 3.05) is 0 Å². The van der Waals surface area contributed by atoms with Crippen molar-refractivity contribution in [3.05, 3.63) is 27.7 Å². The van der Waals surface area contributed by atoms with Crippen molar-refractivity contribution in [3.63, 3.8) is 0 Å². The van der Waals surface area contributed by atoms with Crippen LogP contribution in [-0.2, 0) is 4.79 Å². The van der Waals surface area contributed by atoms with Crippen molar-refractivity contribution in [1.29, 1.82) is 0 Å². The van der Waals surface area contributed by atoms with E-state index >= 15 is 0 Å². The number of phenols is 1. The van der Waals surface area contributed by atoms with E-state index in [0.29, 0.717) is 10.6 Å². The van der Waals surface area contributed by atoms with Crippen LogP contribution in [0.15, 0.2) is 17.2 Å². The summed E-state index contributed by atoms with van der Waals surface area (Å²) in [7, 11) is 0. The molecule has 4 nitrogen and oxygen atoms in total. The highest BCUT2D eigenvalue weighted by atomic mass is 35.5. The lowest BCUT2D eigenvalue weighted by molar-refractivity contribution is -0.127. The van der Waals surface area contributed by atoms with E-state index < -0.39 is 0 Å².